The predicted molar refractivity (Wildman–Crippen MR) is 54.2 cm³/mol. The van der Waals surface area contributed by atoms with Crippen LogP contribution in [0.25, 0.3) is 6.08 Å². The zero-order chi connectivity index (χ0) is 11.3. The second-order valence-corrected chi connectivity index (χ2v) is 2.89. The maximum Gasteiger partial charge on any atom is 0.307 e. The van der Waals surface area contributed by atoms with Crippen molar-refractivity contribution in [3.05, 3.63) is 35.7 Å². The number of methoxy groups -OCH3 is 1. The molecule has 0 heterocycles. The quantitative estimate of drug-likeness (QED) is 0.829. The van der Waals surface area contributed by atoms with Crippen molar-refractivity contribution in [3.63, 3.8) is 0 Å². The third-order valence-electron chi connectivity index (χ3n) is 1.78. The SMILES string of the molecule is COc1cc(/C=C/CC(=O)O)ccc1F. The number of carbonyl (C=O) groups is 1. The summed E-state index contributed by atoms with van der Waals surface area (Å²) in [7, 11) is 1.38. The summed E-state index contributed by atoms with van der Waals surface area (Å²) >= 11 is 0. The van der Waals surface area contributed by atoms with Gasteiger partial charge in [0.2, 0.25) is 0 Å². The van der Waals surface area contributed by atoms with Crippen LogP contribution in [0.1, 0.15) is 12.0 Å². The first-order valence-electron chi connectivity index (χ1n) is 4.35. The van der Waals surface area contributed by atoms with Crippen molar-refractivity contribution >= 4 is 12.0 Å². The largest absolute Gasteiger partial charge is 0.494 e. The molecule has 0 unspecified atom stereocenters. The molecule has 3 nitrogen and oxygen atoms in total. The molecule has 0 amide bonds. The fourth-order valence-electron chi connectivity index (χ4n) is 1.08. The van der Waals surface area contributed by atoms with Gasteiger partial charge in [-0.2, -0.15) is 0 Å². The number of hydrogen-bond acceptors (Lipinski definition) is 2. The monoisotopic (exact) mass is 210 g/mol. The van der Waals surface area contributed by atoms with Crippen LogP contribution in [0.5, 0.6) is 5.75 Å². The minimum atomic E-state index is -0.902. The van der Waals surface area contributed by atoms with Crippen LogP contribution in [0.15, 0.2) is 24.3 Å². The van der Waals surface area contributed by atoms with Crippen LogP contribution in [0.3, 0.4) is 0 Å². The number of ether oxygens (including phenoxy) is 1. The molecule has 15 heavy (non-hydrogen) atoms. The molecule has 0 aliphatic heterocycles. The molecule has 0 radical (unpaired) electrons. The molecule has 4 heteroatoms. The van der Waals surface area contributed by atoms with E-state index in [1.807, 2.05) is 0 Å². The topological polar surface area (TPSA) is 46.5 Å². The van der Waals surface area contributed by atoms with Crippen molar-refractivity contribution in [1.29, 1.82) is 0 Å². The lowest BCUT2D eigenvalue weighted by Gasteiger charge is -2.01. The van der Waals surface area contributed by atoms with Gasteiger partial charge in [0.25, 0.3) is 0 Å². The van der Waals surface area contributed by atoms with E-state index in [9.17, 15) is 9.18 Å². The van der Waals surface area contributed by atoms with Gasteiger partial charge in [-0.1, -0.05) is 18.2 Å². The van der Waals surface area contributed by atoms with Gasteiger partial charge in [-0.3, -0.25) is 4.79 Å². The van der Waals surface area contributed by atoms with E-state index in [1.165, 1.54) is 25.3 Å². The van der Waals surface area contributed by atoms with E-state index in [2.05, 4.69) is 0 Å². The molecule has 0 spiro atoms. The van der Waals surface area contributed by atoms with Crippen LogP contribution in [-0.4, -0.2) is 18.2 Å². The summed E-state index contributed by atoms with van der Waals surface area (Å²) in [6, 6.07) is 4.34. The summed E-state index contributed by atoms with van der Waals surface area (Å²) in [6.45, 7) is 0. The Hall–Kier alpha value is -1.84. The number of carboxylic acid groups (broad SMARTS) is 1. The first kappa shape index (κ1) is 11.2. The van der Waals surface area contributed by atoms with Gasteiger partial charge in [0, 0.05) is 0 Å². The van der Waals surface area contributed by atoms with E-state index in [0.717, 1.165) is 0 Å². The van der Waals surface area contributed by atoms with Gasteiger partial charge in [0.1, 0.15) is 0 Å². The summed E-state index contributed by atoms with van der Waals surface area (Å²) < 4.78 is 17.8. The van der Waals surface area contributed by atoms with Crippen molar-refractivity contribution < 1.29 is 19.0 Å². The second kappa shape index (κ2) is 5.14. The smallest absolute Gasteiger partial charge is 0.307 e. The first-order valence-corrected chi connectivity index (χ1v) is 4.35. The average Bonchev–Trinajstić information content (AvgIpc) is 2.20. The Morgan fingerprint density at radius 2 is 2.33 bits per heavy atom. The maximum absolute atomic E-state index is 13.0. The second-order valence-electron chi connectivity index (χ2n) is 2.89. The molecule has 0 fully saturated rings. The fraction of sp³-hybridized carbons (Fsp3) is 0.182. The Labute approximate surface area is 86.8 Å². The Kier molecular flexibility index (Phi) is 3.85. The number of benzene rings is 1. The van der Waals surface area contributed by atoms with Crippen LogP contribution >= 0.6 is 0 Å². The van der Waals surface area contributed by atoms with Crippen molar-refractivity contribution in [2.24, 2.45) is 0 Å². The van der Waals surface area contributed by atoms with Gasteiger partial charge in [0.05, 0.1) is 13.5 Å². The molecule has 0 aliphatic carbocycles. The van der Waals surface area contributed by atoms with Crippen molar-refractivity contribution in [1.82, 2.24) is 0 Å². The lowest BCUT2D eigenvalue weighted by atomic mass is 10.2. The summed E-state index contributed by atoms with van der Waals surface area (Å²) in [5.41, 5.74) is 0.703. The van der Waals surface area contributed by atoms with Crippen LogP contribution < -0.4 is 4.74 Å². The highest BCUT2D eigenvalue weighted by atomic mass is 19.1. The van der Waals surface area contributed by atoms with E-state index in [4.69, 9.17) is 9.84 Å². The number of rotatable bonds is 4. The predicted octanol–water partition coefficient (Wildman–Crippen LogP) is 2.32. The molecule has 80 valence electrons. The Bertz CT molecular complexity index is 385. The van der Waals surface area contributed by atoms with Gasteiger partial charge in [-0.25, -0.2) is 4.39 Å². The van der Waals surface area contributed by atoms with Crippen LogP contribution in [0.2, 0.25) is 0 Å². The summed E-state index contributed by atoms with van der Waals surface area (Å²) in [4.78, 5) is 10.2. The van der Waals surface area contributed by atoms with Gasteiger partial charge >= 0.3 is 5.97 Å². The Morgan fingerprint density at radius 3 is 2.93 bits per heavy atom. The lowest BCUT2D eigenvalue weighted by Crippen LogP contribution is -1.90. The van der Waals surface area contributed by atoms with E-state index >= 15 is 0 Å². The van der Waals surface area contributed by atoms with Gasteiger partial charge in [-0.15, -0.1) is 0 Å². The highest BCUT2D eigenvalue weighted by Gasteiger charge is 2.01. The van der Waals surface area contributed by atoms with Crippen molar-refractivity contribution in [2.75, 3.05) is 7.11 Å². The zero-order valence-electron chi connectivity index (χ0n) is 8.24. The molecular weight excluding hydrogens is 199 g/mol. The normalized spacial score (nSPS) is 10.5. The number of halogens is 1. The number of carboxylic acids is 1. The molecular formula is C11H11FO3. The van der Waals surface area contributed by atoms with Gasteiger partial charge in [-0.05, 0) is 17.7 Å². The molecule has 0 aromatic heterocycles. The highest BCUT2D eigenvalue weighted by molar-refractivity contribution is 5.70. The summed E-state index contributed by atoms with van der Waals surface area (Å²) in [5, 5.41) is 8.40. The summed E-state index contributed by atoms with van der Waals surface area (Å²) in [6.07, 6.45) is 3.05. The van der Waals surface area contributed by atoms with Crippen LogP contribution in [0, 0.1) is 5.82 Å². The fourth-order valence-corrected chi connectivity index (χ4v) is 1.08. The molecule has 0 aliphatic rings. The van der Waals surface area contributed by atoms with Crippen LogP contribution in [0.4, 0.5) is 4.39 Å². The average molecular weight is 210 g/mol. The van der Waals surface area contributed by atoms with E-state index in [0.29, 0.717) is 5.56 Å². The standard InChI is InChI=1S/C11H11FO3/c1-15-10-7-8(5-6-9(10)12)3-2-4-11(13)14/h2-3,5-7H,4H2,1H3,(H,13,14)/b3-2+. The Balaban J connectivity index is 2.78. The first-order chi connectivity index (χ1) is 7.13. The molecule has 1 aromatic carbocycles. The molecule has 1 N–H and O–H groups in total. The van der Waals surface area contributed by atoms with E-state index in [1.54, 1.807) is 12.1 Å². The molecule has 1 aromatic rings. The van der Waals surface area contributed by atoms with Gasteiger partial charge < -0.3 is 9.84 Å². The minimum absolute atomic E-state index is 0.0559. The third-order valence-corrected chi connectivity index (χ3v) is 1.78. The van der Waals surface area contributed by atoms with Crippen molar-refractivity contribution in [3.8, 4) is 5.75 Å². The molecule has 0 atom stereocenters. The zero-order valence-corrected chi connectivity index (χ0v) is 8.24. The van der Waals surface area contributed by atoms with E-state index < -0.39 is 11.8 Å². The number of aliphatic carboxylic acids is 1. The maximum atomic E-state index is 13.0. The third kappa shape index (κ3) is 3.42. The van der Waals surface area contributed by atoms with E-state index in [-0.39, 0.29) is 12.2 Å². The molecule has 0 bridgehead atoms. The van der Waals surface area contributed by atoms with Crippen molar-refractivity contribution in [2.45, 2.75) is 6.42 Å². The molecule has 0 saturated carbocycles. The number of hydrogen-bond donors (Lipinski definition) is 1. The molecule has 0 saturated heterocycles. The molecule has 1 rings (SSSR count). The minimum Gasteiger partial charge on any atom is -0.494 e. The van der Waals surface area contributed by atoms with Crippen LogP contribution in [-0.2, 0) is 4.79 Å². The lowest BCUT2D eigenvalue weighted by molar-refractivity contribution is -0.135. The summed E-state index contributed by atoms with van der Waals surface area (Å²) in [5.74, 6) is -1.19. The van der Waals surface area contributed by atoms with Gasteiger partial charge in [0.15, 0.2) is 11.6 Å². The Morgan fingerprint density at radius 1 is 1.60 bits per heavy atom. The highest BCUT2D eigenvalue weighted by Crippen LogP contribution is 2.18.